The number of imide groups is 1. The van der Waals surface area contributed by atoms with E-state index < -0.39 is 0 Å². The maximum atomic E-state index is 13.4. The van der Waals surface area contributed by atoms with Gasteiger partial charge >= 0.3 is 0 Å². The van der Waals surface area contributed by atoms with Crippen molar-refractivity contribution >= 4 is 34.2 Å². The minimum atomic E-state index is -0.266. The van der Waals surface area contributed by atoms with Crippen LogP contribution in [0.25, 0.3) is 10.8 Å². The molecular weight excluding hydrogens is 450 g/mol. The first-order valence-corrected chi connectivity index (χ1v) is 12.2. The molecule has 6 rings (SSSR count). The average molecular weight is 476 g/mol. The van der Waals surface area contributed by atoms with Crippen LogP contribution in [0, 0.1) is 0 Å². The number of hydrogen-bond donors (Lipinski definition) is 0. The highest BCUT2D eigenvalue weighted by atomic mass is 16.2. The summed E-state index contributed by atoms with van der Waals surface area (Å²) in [7, 11) is 0. The number of rotatable bonds is 4. The predicted molar refractivity (Wildman–Crippen MR) is 139 cm³/mol. The van der Waals surface area contributed by atoms with Gasteiger partial charge in [-0.05, 0) is 35.9 Å². The van der Waals surface area contributed by atoms with Crippen molar-refractivity contribution in [2.45, 2.75) is 6.54 Å². The number of hydrogen-bond acceptors (Lipinski definition) is 4. The molecule has 0 atom stereocenters. The van der Waals surface area contributed by atoms with Gasteiger partial charge in [0.1, 0.15) is 0 Å². The van der Waals surface area contributed by atoms with Crippen molar-refractivity contribution < 1.29 is 14.4 Å². The normalized spacial score (nSPS) is 15.5. The molecule has 1 fully saturated rings. The first-order valence-electron chi connectivity index (χ1n) is 12.2. The Kier molecular flexibility index (Phi) is 5.49. The maximum absolute atomic E-state index is 13.4. The number of carbonyl (C=O) groups excluding carboxylic acids is 3. The number of carbonyl (C=O) groups is 3. The predicted octanol–water partition coefficient (Wildman–Crippen LogP) is 4.60. The summed E-state index contributed by atoms with van der Waals surface area (Å²) in [6.07, 6.45) is 0. The minimum Gasteiger partial charge on any atom is -0.367 e. The third kappa shape index (κ3) is 3.71. The van der Waals surface area contributed by atoms with Crippen LogP contribution in [0.3, 0.4) is 0 Å². The smallest absolute Gasteiger partial charge is 0.261 e. The second kappa shape index (κ2) is 8.96. The van der Waals surface area contributed by atoms with E-state index in [0.29, 0.717) is 42.9 Å². The Morgan fingerprint density at radius 2 is 1.31 bits per heavy atom. The van der Waals surface area contributed by atoms with E-state index in [2.05, 4.69) is 4.90 Å². The van der Waals surface area contributed by atoms with Gasteiger partial charge in [-0.25, -0.2) is 0 Å². The quantitative estimate of drug-likeness (QED) is 0.405. The zero-order valence-electron chi connectivity index (χ0n) is 19.8. The number of benzene rings is 4. The van der Waals surface area contributed by atoms with Crippen LogP contribution in [0.1, 0.15) is 36.6 Å². The second-order valence-corrected chi connectivity index (χ2v) is 9.19. The highest BCUT2D eigenvalue weighted by Crippen LogP contribution is 2.36. The fourth-order valence-corrected chi connectivity index (χ4v) is 5.23. The van der Waals surface area contributed by atoms with Crippen LogP contribution in [0.15, 0.2) is 91.0 Å². The zero-order chi connectivity index (χ0) is 24.6. The molecule has 0 aromatic heterocycles. The number of piperazine rings is 1. The van der Waals surface area contributed by atoms with E-state index in [1.165, 1.54) is 4.90 Å². The van der Waals surface area contributed by atoms with Gasteiger partial charge in [0.2, 0.25) is 0 Å². The Bertz CT molecular complexity index is 1450. The van der Waals surface area contributed by atoms with Gasteiger partial charge in [0.05, 0.1) is 6.54 Å². The molecule has 2 heterocycles. The van der Waals surface area contributed by atoms with Gasteiger partial charge in [-0.3, -0.25) is 19.3 Å². The summed E-state index contributed by atoms with van der Waals surface area (Å²) in [5, 5.41) is 1.62. The molecule has 2 aliphatic rings. The fourth-order valence-electron chi connectivity index (χ4n) is 5.23. The maximum Gasteiger partial charge on any atom is 0.261 e. The van der Waals surface area contributed by atoms with Crippen molar-refractivity contribution in [1.82, 2.24) is 9.80 Å². The lowest BCUT2D eigenvalue weighted by molar-refractivity contribution is 0.0597. The van der Waals surface area contributed by atoms with E-state index in [4.69, 9.17) is 0 Å². The average Bonchev–Trinajstić information content (AvgIpc) is 2.94. The second-order valence-electron chi connectivity index (χ2n) is 9.19. The van der Waals surface area contributed by atoms with E-state index in [-0.39, 0.29) is 24.3 Å². The summed E-state index contributed by atoms with van der Waals surface area (Å²) in [5.41, 5.74) is 3.70. The van der Waals surface area contributed by atoms with Gasteiger partial charge < -0.3 is 9.80 Å². The summed E-state index contributed by atoms with van der Waals surface area (Å²) in [6, 6.07) is 28.4. The summed E-state index contributed by atoms with van der Waals surface area (Å²) < 4.78 is 0. The van der Waals surface area contributed by atoms with E-state index in [0.717, 1.165) is 22.0 Å². The molecule has 0 unspecified atom stereocenters. The van der Waals surface area contributed by atoms with Gasteiger partial charge in [0, 0.05) is 59.3 Å². The molecule has 6 nitrogen and oxygen atoms in total. The largest absolute Gasteiger partial charge is 0.367 e. The monoisotopic (exact) mass is 475 g/mol. The Hall–Kier alpha value is -4.45. The van der Waals surface area contributed by atoms with Crippen molar-refractivity contribution in [3.05, 3.63) is 113 Å². The Morgan fingerprint density at radius 1 is 0.667 bits per heavy atom. The summed E-state index contributed by atoms with van der Waals surface area (Å²) >= 11 is 0. The van der Waals surface area contributed by atoms with E-state index in [9.17, 15) is 14.4 Å². The Labute approximate surface area is 209 Å². The van der Waals surface area contributed by atoms with Crippen molar-refractivity contribution in [2.24, 2.45) is 0 Å². The molecule has 0 saturated carbocycles. The van der Waals surface area contributed by atoms with Gasteiger partial charge in [0.25, 0.3) is 17.7 Å². The third-order valence-corrected chi connectivity index (χ3v) is 7.08. The van der Waals surface area contributed by atoms with Crippen LogP contribution in [-0.4, -0.2) is 53.7 Å². The number of nitrogens with zero attached hydrogens (tertiary/aromatic N) is 3. The van der Waals surface area contributed by atoms with Crippen LogP contribution >= 0.6 is 0 Å². The van der Waals surface area contributed by atoms with E-state index in [1.54, 1.807) is 6.07 Å². The lowest BCUT2D eigenvalue weighted by Gasteiger charge is -2.37. The Balaban J connectivity index is 1.28. The molecule has 0 radical (unpaired) electrons. The fraction of sp³-hybridized carbons (Fsp3) is 0.167. The molecular formula is C30H25N3O3. The van der Waals surface area contributed by atoms with Crippen LogP contribution in [0.4, 0.5) is 5.69 Å². The number of amides is 3. The molecule has 0 aliphatic carbocycles. The van der Waals surface area contributed by atoms with Crippen molar-refractivity contribution in [3.63, 3.8) is 0 Å². The number of anilines is 1. The Morgan fingerprint density at radius 3 is 2.00 bits per heavy atom. The van der Waals surface area contributed by atoms with Crippen LogP contribution in [-0.2, 0) is 6.54 Å². The molecule has 4 aromatic rings. The highest BCUT2D eigenvalue weighted by molar-refractivity contribution is 6.26. The standard InChI is InChI=1S/C30H25N3O3/c34-28(22-10-5-2-6-11-22)32-18-16-31(17-19-32)26-15-14-25-27-23(26)12-7-13-24(27)29(35)33(30(25)36)20-21-8-3-1-4-9-21/h1-15H,16-20H2. The molecule has 2 aliphatic heterocycles. The van der Waals surface area contributed by atoms with E-state index in [1.807, 2.05) is 89.8 Å². The van der Waals surface area contributed by atoms with Crippen molar-refractivity contribution in [2.75, 3.05) is 31.1 Å². The summed E-state index contributed by atoms with van der Waals surface area (Å²) in [6.45, 7) is 2.82. The molecule has 36 heavy (non-hydrogen) atoms. The lowest BCUT2D eigenvalue weighted by Crippen LogP contribution is -2.49. The molecule has 1 saturated heterocycles. The van der Waals surface area contributed by atoms with Gasteiger partial charge in [-0.2, -0.15) is 0 Å². The molecule has 3 amide bonds. The summed E-state index contributed by atoms with van der Waals surface area (Å²) in [4.78, 5) is 45.1. The van der Waals surface area contributed by atoms with Crippen LogP contribution in [0.2, 0.25) is 0 Å². The topological polar surface area (TPSA) is 60.9 Å². The molecule has 4 aromatic carbocycles. The molecule has 0 bridgehead atoms. The summed E-state index contributed by atoms with van der Waals surface area (Å²) in [5.74, 6) is -0.489. The van der Waals surface area contributed by atoms with Crippen molar-refractivity contribution in [3.8, 4) is 0 Å². The van der Waals surface area contributed by atoms with Crippen LogP contribution in [0.5, 0.6) is 0 Å². The molecule has 0 N–H and O–H groups in total. The zero-order valence-corrected chi connectivity index (χ0v) is 19.8. The van der Waals surface area contributed by atoms with E-state index >= 15 is 0 Å². The molecule has 178 valence electrons. The van der Waals surface area contributed by atoms with Crippen LogP contribution < -0.4 is 4.90 Å². The minimum absolute atomic E-state index is 0.0434. The molecule has 0 spiro atoms. The lowest BCUT2D eigenvalue weighted by atomic mass is 9.92. The molecule has 6 heteroatoms. The third-order valence-electron chi connectivity index (χ3n) is 7.08. The van der Waals surface area contributed by atoms with Gasteiger partial charge in [-0.15, -0.1) is 0 Å². The highest BCUT2D eigenvalue weighted by Gasteiger charge is 2.34. The van der Waals surface area contributed by atoms with Gasteiger partial charge in [-0.1, -0.05) is 60.7 Å². The van der Waals surface area contributed by atoms with Gasteiger partial charge in [0.15, 0.2) is 0 Å². The first kappa shape index (κ1) is 22.0. The SMILES string of the molecule is O=C(c1ccccc1)N1CCN(c2ccc3c4c(cccc24)C(=O)N(Cc2ccccc2)C3=O)CC1. The van der Waals surface area contributed by atoms with Crippen molar-refractivity contribution in [1.29, 1.82) is 0 Å². The first-order chi connectivity index (χ1) is 17.6.